The standard InChI is InChI=1S/C16H21NO4/c18-11-16(14-6-7-14)12-20-9-8-17(16)15(19)21-10-13-4-2-1-3-5-13/h1-5,14,18H,6-12H2. The normalized spacial score (nSPS) is 25.7. The van der Waals surface area contributed by atoms with Crippen molar-refractivity contribution in [3.8, 4) is 0 Å². The Morgan fingerprint density at radius 1 is 1.38 bits per heavy atom. The summed E-state index contributed by atoms with van der Waals surface area (Å²) >= 11 is 0. The summed E-state index contributed by atoms with van der Waals surface area (Å²) in [7, 11) is 0. The molecule has 1 saturated carbocycles. The van der Waals surface area contributed by atoms with Gasteiger partial charge in [-0.1, -0.05) is 30.3 Å². The Bertz CT molecular complexity index is 488. The molecule has 1 aliphatic heterocycles. The lowest BCUT2D eigenvalue weighted by molar-refractivity contribution is -0.0938. The average molecular weight is 291 g/mol. The van der Waals surface area contributed by atoms with Crippen LogP contribution in [0.1, 0.15) is 18.4 Å². The zero-order chi connectivity index (χ0) is 14.7. The molecular weight excluding hydrogens is 270 g/mol. The SMILES string of the molecule is O=C(OCc1ccccc1)N1CCOCC1(CO)C1CC1. The lowest BCUT2D eigenvalue weighted by Gasteiger charge is -2.45. The first-order chi connectivity index (χ1) is 10.3. The summed E-state index contributed by atoms with van der Waals surface area (Å²) < 4.78 is 10.9. The Kier molecular flexibility index (Phi) is 4.12. The molecule has 5 heteroatoms. The summed E-state index contributed by atoms with van der Waals surface area (Å²) in [5.41, 5.74) is 0.367. The minimum absolute atomic E-state index is 0.0713. The molecule has 114 valence electrons. The molecule has 5 nitrogen and oxygen atoms in total. The molecule has 0 spiro atoms. The van der Waals surface area contributed by atoms with Crippen LogP contribution in [-0.2, 0) is 16.1 Å². The molecule has 1 atom stereocenters. The Balaban J connectivity index is 1.67. The highest BCUT2D eigenvalue weighted by Gasteiger charge is 2.53. The van der Waals surface area contributed by atoms with Crippen LogP contribution < -0.4 is 0 Å². The molecule has 1 aromatic carbocycles. The van der Waals surface area contributed by atoms with Crippen molar-refractivity contribution >= 4 is 6.09 Å². The Morgan fingerprint density at radius 2 is 2.14 bits per heavy atom. The number of hydrogen-bond donors (Lipinski definition) is 1. The fourth-order valence-corrected chi connectivity index (χ4v) is 2.99. The molecule has 0 bridgehead atoms. The fraction of sp³-hybridized carbons (Fsp3) is 0.562. The van der Waals surface area contributed by atoms with Crippen LogP contribution in [0.4, 0.5) is 4.79 Å². The van der Waals surface area contributed by atoms with E-state index in [1.165, 1.54) is 0 Å². The third kappa shape index (κ3) is 2.89. The number of carbonyl (C=O) groups excluding carboxylic acids is 1. The number of hydrogen-bond acceptors (Lipinski definition) is 4. The van der Waals surface area contributed by atoms with Crippen molar-refractivity contribution in [1.82, 2.24) is 4.90 Å². The number of amides is 1. The zero-order valence-electron chi connectivity index (χ0n) is 12.0. The van der Waals surface area contributed by atoms with Gasteiger partial charge in [-0.15, -0.1) is 0 Å². The van der Waals surface area contributed by atoms with E-state index in [4.69, 9.17) is 9.47 Å². The summed E-state index contributed by atoms with van der Waals surface area (Å²) in [6.07, 6.45) is 1.71. The lowest BCUT2D eigenvalue weighted by atomic mass is 9.92. The van der Waals surface area contributed by atoms with Crippen molar-refractivity contribution in [1.29, 1.82) is 0 Å². The van der Waals surface area contributed by atoms with E-state index in [2.05, 4.69) is 0 Å². The van der Waals surface area contributed by atoms with Crippen molar-refractivity contribution in [3.63, 3.8) is 0 Å². The molecule has 0 aromatic heterocycles. The van der Waals surface area contributed by atoms with Gasteiger partial charge in [0.2, 0.25) is 0 Å². The van der Waals surface area contributed by atoms with Crippen LogP contribution in [-0.4, -0.2) is 48.0 Å². The zero-order valence-corrected chi connectivity index (χ0v) is 12.0. The van der Waals surface area contributed by atoms with Gasteiger partial charge in [0.25, 0.3) is 0 Å². The van der Waals surface area contributed by atoms with Gasteiger partial charge in [0.15, 0.2) is 0 Å². The smallest absolute Gasteiger partial charge is 0.410 e. The van der Waals surface area contributed by atoms with Gasteiger partial charge in [0.05, 0.1) is 25.4 Å². The predicted octanol–water partition coefficient (Wildman–Crippen LogP) is 1.80. The molecule has 1 unspecified atom stereocenters. The maximum atomic E-state index is 12.4. The average Bonchev–Trinajstić information content (AvgIpc) is 3.38. The minimum Gasteiger partial charge on any atom is -0.445 e. The highest BCUT2D eigenvalue weighted by molar-refractivity contribution is 5.69. The van der Waals surface area contributed by atoms with Gasteiger partial charge in [-0.2, -0.15) is 0 Å². The monoisotopic (exact) mass is 291 g/mol. The van der Waals surface area contributed by atoms with Gasteiger partial charge in [0, 0.05) is 6.54 Å². The Labute approximate surface area is 124 Å². The first-order valence-corrected chi connectivity index (χ1v) is 7.43. The molecule has 1 saturated heterocycles. The summed E-state index contributed by atoms with van der Waals surface area (Å²) in [6.45, 7) is 1.55. The highest BCUT2D eigenvalue weighted by atomic mass is 16.6. The predicted molar refractivity (Wildman–Crippen MR) is 76.7 cm³/mol. The van der Waals surface area contributed by atoms with Crippen molar-refractivity contribution in [3.05, 3.63) is 35.9 Å². The third-order valence-corrected chi connectivity index (χ3v) is 4.39. The lowest BCUT2D eigenvalue weighted by Crippen LogP contribution is -2.62. The number of nitrogens with zero attached hydrogens (tertiary/aromatic N) is 1. The van der Waals surface area contributed by atoms with Gasteiger partial charge in [-0.3, -0.25) is 4.90 Å². The summed E-state index contributed by atoms with van der Waals surface area (Å²) in [6, 6.07) is 9.61. The van der Waals surface area contributed by atoms with Crippen molar-refractivity contribution in [2.75, 3.05) is 26.4 Å². The van der Waals surface area contributed by atoms with E-state index in [1.807, 2.05) is 30.3 Å². The number of aliphatic hydroxyl groups excluding tert-OH is 1. The Hall–Kier alpha value is -1.59. The molecule has 2 aliphatic rings. The van der Waals surface area contributed by atoms with Gasteiger partial charge in [-0.05, 0) is 24.3 Å². The van der Waals surface area contributed by atoms with Crippen molar-refractivity contribution < 1.29 is 19.4 Å². The largest absolute Gasteiger partial charge is 0.445 e. The fourth-order valence-electron chi connectivity index (χ4n) is 2.99. The van der Waals surface area contributed by atoms with Crippen LogP contribution in [0.3, 0.4) is 0 Å². The van der Waals surface area contributed by atoms with E-state index < -0.39 is 5.54 Å². The number of morpholine rings is 1. The molecule has 1 N–H and O–H groups in total. The maximum Gasteiger partial charge on any atom is 0.410 e. The number of aliphatic hydroxyl groups is 1. The quantitative estimate of drug-likeness (QED) is 0.919. The van der Waals surface area contributed by atoms with E-state index in [0.717, 1.165) is 18.4 Å². The van der Waals surface area contributed by atoms with Crippen LogP contribution in [0, 0.1) is 5.92 Å². The molecule has 1 aromatic rings. The molecule has 3 rings (SSSR count). The van der Waals surface area contributed by atoms with Crippen LogP contribution in [0.2, 0.25) is 0 Å². The number of rotatable bonds is 4. The van der Waals surface area contributed by atoms with Crippen LogP contribution in [0.15, 0.2) is 30.3 Å². The number of ether oxygens (including phenoxy) is 2. The van der Waals surface area contributed by atoms with Crippen LogP contribution in [0.5, 0.6) is 0 Å². The molecule has 1 amide bonds. The second kappa shape index (κ2) is 6.03. The van der Waals surface area contributed by atoms with E-state index in [1.54, 1.807) is 4.90 Å². The summed E-state index contributed by atoms with van der Waals surface area (Å²) in [4.78, 5) is 14.1. The molecular formula is C16H21NO4. The van der Waals surface area contributed by atoms with Crippen molar-refractivity contribution in [2.45, 2.75) is 25.0 Å². The second-order valence-electron chi connectivity index (χ2n) is 5.78. The van der Waals surface area contributed by atoms with E-state index in [0.29, 0.717) is 25.7 Å². The van der Waals surface area contributed by atoms with Crippen LogP contribution >= 0.6 is 0 Å². The van der Waals surface area contributed by atoms with E-state index in [9.17, 15) is 9.90 Å². The number of benzene rings is 1. The van der Waals surface area contributed by atoms with Gasteiger partial charge < -0.3 is 14.6 Å². The topological polar surface area (TPSA) is 59.0 Å². The summed E-state index contributed by atoms with van der Waals surface area (Å²) in [5, 5.41) is 9.83. The summed E-state index contributed by atoms with van der Waals surface area (Å²) in [5.74, 6) is 0.326. The van der Waals surface area contributed by atoms with Gasteiger partial charge in [0.1, 0.15) is 6.61 Å². The molecule has 2 fully saturated rings. The van der Waals surface area contributed by atoms with E-state index in [-0.39, 0.29) is 19.3 Å². The third-order valence-electron chi connectivity index (χ3n) is 4.39. The molecule has 0 radical (unpaired) electrons. The first kappa shape index (κ1) is 14.4. The van der Waals surface area contributed by atoms with Crippen LogP contribution in [0.25, 0.3) is 0 Å². The molecule has 21 heavy (non-hydrogen) atoms. The Morgan fingerprint density at radius 3 is 2.81 bits per heavy atom. The van der Waals surface area contributed by atoms with Crippen molar-refractivity contribution in [2.24, 2.45) is 5.92 Å². The van der Waals surface area contributed by atoms with Gasteiger partial charge >= 0.3 is 6.09 Å². The van der Waals surface area contributed by atoms with E-state index >= 15 is 0 Å². The van der Waals surface area contributed by atoms with Gasteiger partial charge in [-0.25, -0.2) is 4.79 Å². The molecule has 1 aliphatic carbocycles. The maximum absolute atomic E-state index is 12.4. The number of carbonyl (C=O) groups is 1. The minimum atomic E-state index is -0.591. The first-order valence-electron chi connectivity index (χ1n) is 7.43. The molecule has 1 heterocycles. The second-order valence-corrected chi connectivity index (χ2v) is 5.78. The highest BCUT2D eigenvalue weighted by Crippen LogP contribution is 2.44.